The van der Waals surface area contributed by atoms with Crippen LogP contribution in [-0.4, -0.2) is 16.2 Å². The third-order valence-corrected chi connectivity index (χ3v) is 1.17. The number of aliphatic carboxylic acids is 1. The van der Waals surface area contributed by atoms with Gasteiger partial charge in [0.05, 0.1) is 12.1 Å². The molecule has 0 atom stereocenters. The highest BCUT2D eigenvalue weighted by atomic mass is 16.5. The third kappa shape index (κ3) is 2.29. The molecule has 0 radical (unpaired) electrons. The summed E-state index contributed by atoms with van der Waals surface area (Å²) in [5.41, 5.74) is 5.78. The van der Waals surface area contributed by atoms with Gasteiger partial charge in [-0.3, -0.25) is 4.79 Å². The van der Waals surface area contributed by atoms with E-state index in [0.29, 0.717) is 12.1 Å². The first-order valence-electron chi connectivity index (χ1n) is 3.11. The van der Waals surface area contributed by atoms with Gasteiger partial charge in [-0.1, -0.05) is 5.16 Å². The van der Waals surface area contributed by atoms with Crippen molar-refractivity contribution in [2.45, 2.75) is 12.8 Å². The molecule has 0 amide bonds. The van der Waals surface area contributed by atoms with Crippen molar-refractivity contribution in [3.05, 3.63) is 11.8 Å². The summed E-state index contributed by atoms with van der Waals surface area (Å²) >= 11 is 0. The summed E-state index contributed by atoms with van der Waals surface area (Å²) in [7, 11) is 0. The second-order valence-electron chi connectivity index (χ2n) is 2.11. The smallest absolute Gasteiger partial charge is 0.303 e. The molecule has 0 aromatic carbocycles. The first-order chi connectivity index (χ1) is 5.18. The van der Waals surface area contributed by atoms with E-state index in [4.69, 9.17) is 10.8 Å². The highest BCUT2D eigenvalue weighted by molar-refractivity contribution is 5.66. The molecule has 0 aliphatic rings. The number of nitrogen functional groups attached to an aromatic ring is 1. The second kappa shape index (κ2) is 3.05. The van der Waals surface area contributed by atoms with Crippen LogP contribution in [0.5, 0.6) is 0 Å². The predicted molar refractivity (Wildman–Crippen MR) is 36.9 cm³/mol. The van der Waals surface area contributed by atoms with E-state index in [9.17, 15) is 4.79 Å². The van der Waals surface area contributed by atoms with Crippen molar-refractivity contribution in [3.63, 3.8) is 0 Å². The highest BCUT2D eigenvalue weighted by Crippen LogP contribution is 2.06. The standard InChI is InChI=1S/C6H8N2O3/c7-5-3-4(8-11-5)1-2-6(9)10/h3H,1-2,7H2,(H,9,10). The fourth-order valence-electron chi connectivity index (χ4n) is 0.681. The van der Waals surface area contributed by atoms with Crippen molar-refractivity contribution >= 4 is 11.9 Å². The molecule has 1 rings (SSSR count). The third-order valence-electron chi connectivity index (χ3n) is 1.17. The number of aromatic nitrogens is 1. The Kier molecular flexibility index (Phi) is 2.10. The van der Waals surface area contributed by atoms with Crippen LogP contribution < -0.4 is 5.73 Å². The van der Waals surface area contributed by atoms with Gasteiger partial charge in [-0.05, 0) is 0 Å². The molecule has 0 bridgehead atoms. The van der Waals surface area contributed by atoms with E-state index in [1.54, 1.807) is 0 Å². The van der Waals surface area contributed by atoms with Gasteiger partial charge in [0.15, 0.2) is 0 Å². The summed E-state index contributed by atoms with van der Waals surface area (Å²) in [6.45, 7) is 0. The summed E-state index contributed by atoms with van der Waals surface area (Å²) in [4.78, 5) is 10.1. The largest absolute Gasteiger partial charge is 0.481 e. The lowest BCUT2D eigenvalue weighted by Crippen LogP contribution is -1.97. The topological polar surface area (TPSA) is 89.4 Å². The molecule has 5 heteroatoms. The van der Waals surface area contributed by atoms with E-state index in [1.807, 2.05) is 0 Å². The number of hydrogen-bond donors (Lipinski definition) is 2. The molecular weight excluding hydrogens is 148 g/mol. The molecule has 0 aliphatic heterocycles. The van der Waals surface area contributed by atoms with Gasteiger partial charge in [0.2, 0.25) is 5.88 Å². The zero-order valence-corrected chi connectivity index (χ0v) is 5.78. The van der Waals surface area contributed by atoms with Gasteiger partial charge >= 0.3 is 5.97 Å². The van der Waals surface area contributed by atoms with Crippen LogP contribution in [0.3, 0.4) is 0 Å². The van der Waals surface area contributed by atoms with Crippen molar-refractivity contribution in [3.8, 4) is 0 Å². The van der Waals surface area contributed by atoms with Gasteiger partial charge < -0.3 is 15.4 Å². The lowest BCUT2D eigenvalue weighted by Gasteiger charge is -1.87. The minimum atomic E-state index is -0.855. The Bertz CT molecular complexity index is 256. The number of anilines is 1. The Labute approximate surface area is 62.8 Å². The van der Waals surface area contributed by atoms with Gasteiger partial charge in [-0.15, -0.1) is 0 Å². The van der Waals surface area contributed by atoms with Gasteiger partial charge in [0.1, 0.15) is 0 Å². The number of carbonyl (C=O) groups is 1. The monoisotopic (exact) mass is 156 g/mol. The van der Waals surface area contributed by atoms with E-state index in [1.165, 1.54) is 6.07 Å². The van der Waals surface area contributed by atoms with Crippen molar-refractivity contribution in [1.82, 2.24) is 5.16 Å². The molecule has 1 aromatic heterocycles. The van der Waals surface area contributed by atoms with E-state index in [0.717, 1.165) is 0 Å². The Morgan fingerprint density at radius 1 is 1.82 bits per heavy atom. The summed E-state index contributed by atoms with van der Waals surface area (Å²) in [5, 5.41) is 11.8. The molecule has 0 spiro atoms. The van der Waals surface area contributed by atoms with Crippen molar-refractivity contribution < 1.29 is 14.4 Å². The second-order valence-corrected chi connectivity index (χ2v) is 2.11. The summed E-state index contributed by atoms with van der Waals surface area (Å²) in [5.74, 6) is -0.642. The first kappa shape index (κ1) is 7.59. The molecule has 3 N–H and O–H groups in total. The van der Waals surface area contributed by atoms with E-state index < -0.39 is 5.97 Å². The van der Waals surface area contributed by atoms with E-state index >= 15 is 0 Å². The number of nitrogens with two attached hydrogens (primary N) is 1. The van der Waals surface area contributed by atoms with Gasteiger partial charge in [0.25, 0.3) is 0 Å². The fourth-order valence-corrected chi connectivity index (χ4v) is 0.681. The molecule has 5 nitrogen and oxygen atoms in total. The molecule has 11 heavy (non-hydrogen) atoms. The van der Waals surface area contributed by atoms with Crippen molar-refractivity contribution in [2.75, 3.05) is 5.73 Å². The summed E-state index contributed by atoms with van der Waals surface area (Å²) in [6, 6.07) is 1.52. The number of aryl methyl sites for hydroxylation is 1. The first-order valence-corrected chi connectivity index (χ1v) is 3.11. The molecule has 0 unspecified atom stereocenters. The minimum Gasteiger partial charge on any atom is -0.481 e. The lowest BCUT2D eigenvalue weighted by molar-refractivity contribution is -0.136. The van der Waals surface area contributed by atoms with E-state index in [-0.39, 0.29) is 12.3 Å². The van der Waals surface area contributed by atoms with Crippen LogP contribution in [0.25, 0.3) is 0 Å². The van der Waals surface area contributed by atoms with Crippen LogP contribution in [0.4, 0.5) is 5.88 Å². The minimum absolute atomic E-state index is 0.0476. The Morgan fingerprint density at radius 3 is 3.00 bits per heavy atom. The van der Waals surface area contributed by atoms with Gasteiger partial charge in [0, 0.05) is 12.5 Å². The fraction of sp³-hybridized carbons (Fsp3) is 0.333. The van der Waals surface area contributed by atoms with Crippen molar-refractivity contribution in [1.29, 1.82) is 0 Å². The maximum atomic E-state index is 10.1. The van der Waals surface area contributed by atoms with Crippen LogP contribution in [-0.2, 0) is 11.2 Å². The maximum absolute atomic E-state index is 10.1. The lowest BCUT2D eigenvalue weighted by atomic mass is 10.2. The number of hydrogen-bond acceptors (Lipinski definition) is 4. The molecular formula is C6H8N2O3. The Hall–Kier alpha value is -1.52. The number of nitrogens with zero attached hydrogens (tertiary/aromatic N) is 1. The van der Waals surface area contributed by atoms with Gasteiger partial charge in [-0.25, -0.2) is 0 Å². The quantitative estimate of drug-likeness (QED) is 0.655. The number of carboxylic acids is 1. The zero-order valence-electron chi connectivity index (χ0n) is 5.78. The molecule has 1 heterocycles. The summed E-state index contributed by atoms with van der Waals surface area (Å²) in [6.07, 6.45) is 0.405. The maximum Gasteiger partial charge on any atom is 0.303 e. The predicted octanol–water partition coefficient (Wildman–Crippen LogP) is 0.274. The van der Waals surface area contributed by atoms with Crippen molar-refractivity contribution in [2.24, 2.45) is 0 Å². The average molecular weight is 156 g/mol. The van der Waals surface area contributed by atoms with Crippen LogP contribution in [0.1, 0.15) is 12.1 Å². The molecule has 0 saturated carbocycles. The SMILES string of the molecule is Nc1cc(CCC(=O)O)no1. The number of rotatable bonds is 3. The molecule has 1 aromatic rings. The summed E-state index contributed by atoms with van der Waals surface area (Å²) < 4.78 is 4.53. The Morgan fingerprint density at radius 2 is 2.55 bits per heavy atom. The Balaban J connectivity index is 2.45. The molecule has 0 aliphatic carbocycles. The van der Waals surface area contributed by atoms with Crippen LogP contribution >= 0.6 is 0 Å². The van der Waals surface area contributed by atoms with E-state index in [2.05, 4.69) is 9.68 Å². The molecule has 0 fully saturated rings. The molecule has 60 valence electrons. The highest BCUT2D eigenvalue weighted by Gasteiger charge is 2.03. The number of carboxylic acid groups (broad SMARTS) is 1. The zero-order chi connectivity index (χ0) is 8.27. The normalized spacial score (nSPS) is 9.82. The molecule has 0 saturated heterocycles. The van der Waals surface area contributed by atoms with Gasteiger partial charge in [-0.2, -0.15) is 0 Å². The van der Waals surface area contributed by atoms with Crippen LogP contribution in [0.2, 0.25) is 0 Å². The van der Waals surface area contributed by atoms with Crippen LogP contribution in [0.15, 0.2) is 10.6 Å². The van der Waals surface area contributed by atoms with Crippen LogP contribution in [0, 0.1) is 0 Å². The average Bonchev–Trinajstić information content (AvgIpc) is 2.31.